The smallest absolute Gasteiger partial charge is 0.251 e. The lowest BCUT2D eigenvalue weighted by molar-refractivity contribution is -0.133. The molecule has 0 saturated carbocycles. The fourth-order valence-electron chi connectivity index (χ4n) is 3.66. The fourth-order valence-corrected chi connectivity index (χ4v) is 3.66. The van der Waals surface area contributed by atoms with Gasteiger partial charge in [0, 0.05) is 31.4 Å². The molecular formula is C20H22N6O3. The summed E-state index contributed by atoms with van der Waals surface area (Å²) < 4.78 is 2.08. The lowest BCUT2D eigenvalue weighted by Crippen LogP contribution is -2.45. The third-order valence-corrected chi connectivity index (χ3v) is 5.25. The first-order valence-electron chi connectivity index (χ1n) is 9.39. The standard InChI is InChI=1S/C20H22N6O3/c1-12-23-18-17(3-2-8-22-18)26(12)11-13-4-6-14(7-5-13)19(27)24-16-10-21-9-15(16)20(28)25-29/h2-8,15-16,21,29H,9-11H2,1H3,(H,24,27)(H,25,28)/t15-,16+/m0/s1. The van der Waals surface area contributed by atoms with Crippen molar-refractivity contribution in [3.63, 3.8) is 0 Å². The van der Waals surface area contributed by atoms with E-state index in [9.17, 15) is 9.59 Å². The van der Waals surface area contributed by atoms with Crippen LogP contribution in [0.5, 0.6) is 0 Å². The number of fused-ring (bicyclic) bond motifs is 1. The Bertz CT molecular complexity index is 1050. The zero-order valence-electron chi connectivity index (χ0n) is 15.9. The largest absolute Gasteiger partial charge is 0.347 e. The lowest BCUT2D eigenvalue weighted by atomic mass is 10.0. The number of nitrogens with zero attached hydrogens (tertiary/aromatic N) is 3. The van der Waals surface area contributed by atoms with E-state index in [1.54, 1.807) is 23.8 Å². The van der Waals surface area contributed by atoms with Crippen LogP contribution in [0.2, 0.25) is 0 Å². The minimum Gasteiger partial charge on any atom is -0.347 e. The Balaban J connectivity index is 1.45. The summed E-state index contributed by atoms with van der Waals surface area (Å²) in [6, 6.07) is 10.8. The number of hydrogen-bond acceptors (Lipinski definition) is 6. The van der Waals surface area contributed by atoms with E-state index in [2.05, 4.69) is 25.2 Å². The molecule has 4 rings (SSSR count). The van der Waals surface area contributed by atoms with Crippen LogP contribution in [0.15, 0.2) is 42.6 Å². The lowest BCUT2D eigenvalue weighted by Gasteiger charge is -2.18. The van der Waals surface area contributed by atoms with Gasteiger partial charge in [0.05, 0.1) is 17.5 Å². The maximum atomic E-state index is 12.6. The molecular weight excluding hydrogens is 372 g/mol. The number of benzene rings is 1. The molecule has 0 unspecified atom stereocenters. The molecule has 1 saturated heterocycles. The molecule has 2 amide bonds. The van der Waals surface area contributed by atoms with Gasteiger partial charge in [0.25, 0.3) is 5.91 Å². The van der Waals surface area contributed by atoms with Crippen LogP contribution in [-0.4, -0.2) is 50.7 Å². The van der Waals surface area contributed by atoms with Gasteiger partial charge < -0.3 is 15.2 Å². The van der Waals surface area contributed by atoms with Gasteiger partial charge in [0.15, 0.2) is 5.65 Å². The molecule has 0 radical (unpaired) electrons. The minimum atomic E-state index is -0.506. The van der Waals surface area contributed by atoms with Crippen LogP contribution in [0, 0.1) is 12.8 Å². The van der Waals surface area contributed by atoms with E-state index in [1.165, 1.54) is 0 Å². The summed E-state index contributed by atoms with van der Waals surface area (Å²) in [5.41, 5.74) is 4.88. The maximum absolute atomic E-state index is 12.6. The van der Waals surface area contributed by atoms with Crippen molar-refractivity contribution in [2.75, 3.05) is 13.1 Å². The maximum Gasteiger partial charge on any atom is 0.251 e. The van der Waals surface area contributed by atoms with Crippen LogP contribution in [-0.2, 0) is 11.3 Å². The van der Waals surface area contributed by atoms with E-state index in [1.807, 2.05) is 31.2 Å². The second-order valence-electron chi connectivity index (χ2n) is 7.11. The molecule has 4 N–H and O–H groups in total. The predicted molar refractivity (Wildman–Crippen MR) is 105 cm³/mol. The first-order valence-corrected chi connectivity index (χ1v) is 9.39. The number of amides is 2. The Morgan fingerprint density at radius 2 is 2.03 bits per heavy atom. The van der Waals surface area contributed by atoms with Gasteiger partial charge in [-0.3, -0.25) is 14.8 Å². The number of nitrogens with one attached hydrogen (secondary N) is 3. The molecule has 1 fully saturated rings. The van der Waals surface area contributed by atoms with Gasteiger partial charge in [-0.15, -0.1) is 0 Å². The van der Waals surface area contributed by atoms with Crippen LogP contribution >= 0.6 is 0 Å². The van der Waals surface area contributed by atoms with Gasteiger partial charge in [-0.05, 0) is 36.8 Å². The third-order valence-electron chi connectivity index (χ3n) is 5.25. The molecule has 150 valence electrons. The molecule has 0 spiro atoms. The highest BCUT2D eigenvalue weighted by atomic mass is 16.5. The molecule has 9 heteroatoms. The first kappa shape index (κ1) is 19.0. The highest BCUT2D eigenvalue weighted by molar-refractivity contribution is 5.95. The van der Waals surface area contributed by atoms with Crippen molar-refractivity contribution in [3.05, 3.63) is 59.5 Å². The molecule has 0 aliphatic carbocycles. The summed E-state index contributed by atoms with van der Waals surface area (Å²) >= 11 is 0. The van der Waals surface area contributed by atoms with E-state index in [4.69, 9.17) is 5.21 Å². The Labute approximate surface area is 167 Å². The van der Waals surface area contributed by atoms with Crippen LogP contribution < -0.4 is 16.1 Å². The molecule has 29 heavy (non-hydrogen) atoms. The summed E-state index contributed by atoms with van der Waals surface area (Å²) in [7, 11) is 0. The molecule has 1 aliphatic heterocycles. The predicted octanol–water partition coefficient (Wildman–Crippen LogP) is 0.611. The summed E-state index contributed by atoms with van der Waals surface area (Å²) in [5, 5.41) is 14.7. The average Bonchev–Trinajstić information content (AvgIpc) is 3.32. The van der Waals surface area contributed by atoms with Gasteiger partial charge >= 0.3 is 0 Å². The summed E-state index contributed by atoms with van der Waals surface area (Å²) in [6.45, 7) is 3.45. The van der Waals surface area contributed by atoms with Gasteiger partial charge in [0.2, 0.25) is 5.91 Å². The Morgan fingerprint density at radius 1 is 1.24 bits per heavy atom. The zero-order chi connectivity index (χ0) is 20.4. The monoisotopic (exact) mass is 394 g/mol. The molecule has 3 heterocycles. The van der Waals surface area contributed by atoms with Crippen molar-refractivity contribution in [2.45, 2.75) is 19.5 Å². The van der Waals surface area contributed by atoms with Gasteiger partial charge in [-0.1, -0.05) is 12.1 Å². The number of hydroxylamine groups is 1. The van der Waals surface area contributed by atoms with Crippen molar-refractivity contribution >= 4 is 23.0 Å². The number of carbonyl (C=O) groups is 2. The van der Waals surface area contributed by atoms with Crippen molar-refractivity contribution in [3.8, 4) is 0 Å². The van der Waals surface area contributed by atoms with Crippen molar-refractivity contribution < 1.29 is 14.8 Å². The van der Waals surface area contributed by atoms with Crippen molar-refractivity contribution in [1.29, 1.82) is 0 Å². The number of rotatable bonds is 5. The topological polar surface area (TPSA) is 121 Å². The fraction of sp³-hybridized carbons (Fsp3) is 0.300. The number of aryl methyl sites for hydroxylation is 1. The Hall–Kier alpha value is -3.30. The number of imidazole rings is 1. The van der Waals surface area contributed by atoms with E-state index in [0.717, 1.165) is 16.9 Å². The molecule has 2 aromatic heterocycles. The van der Waals surface area contributed by atoms with Crippen LogP contribution in [0.4, 0.5) is 0 Å². The Kier molecular flexibility index (Phi) is 5.24. The molecule has 9 nitrogen and oxygen atoms in total. The van der Waals surface area contributed by atoms with Crippen LogP contribution in [0.25, 0.3) is 11.2 Å². The van der Waals surface area contributed by atoms with Crippen LogP contribution in [0.3, 0.4) is 0 Å². The number of pyridine rings is 1. The summed E-state index contributed by atoms with van der Waals surface area (Å²) in [5.74, 6) is -0.390. The first-order chi connectivity index (χ1) is 14.1. The van der Waals surface area contributed by atoms with Gasteiger partial charge in [-0.2, -0.15) is 0 Å². The summed E-state index contributed by atoms with van der Waals surface area (Å²) in [4.78, 5) is 33.0. The number of hydrogen-bond donors (Lipinski definition) is 4. The van der Waals surface area contributed by atoms with E-state index in [-0.39, 0.29) is 11.9 Å². The third kappa shape index (κ3) is 3.82. The summed E-state index contributed by atoms with van der Waals surface area (Å²) in [6.07, 6.45) is 1.72. The molecule has 1 aromatic carbocycles. The second kappa shape index (κ2) is 7.98. The SMILES string of the molecule is Cc1nc2ncccc2n1Cc1ccc(C(=O)N[C@@H]2CNC[C@@H]2C(=O)NO)cc1. The molecule has 0 bridgehead atoms. The van der Waals surface area contributed by atoms with Gasteiger partial charge in [0.1, 0.15) is 5.82 Å². The van der Waals surface area contributed by atoms with Gasteiger partial charge in [-0.25, -0.2) is 15.4 Å². The van der Waals surface area contributed by atoms with E-state index < -0.39 is 11.8 Å². The van der Waals surface area contributed by atoms with Crippen molar-refractivity contribution in [1.82, 2.24) is 30.6 Å². The Morgan fingerprint density at radius 3 is 2.79 bits per heavy atom. The average molecular weight is 394 g/mol. The molecule has 2 atom stereocenters. The molecule has 1 aliphatic rings. The quantitative estimate of drug-likeness (QED) is 0.372. The van der Waals surface area contributed by atoms with E-state index >= 15 is 0 Å². The highest BCUT2D eigenvalue weighted by Crippen LogP contribution is 2.16. The normalized spacial score (nSPS) is 18.7. The highest BCUT2D eigenvalue weighted by Gasteiger charge is 2.34. The molecule has 3 aromatic rings. The second-order valence-corrected chi connectivity index (χ2v) is 7.11. The minimum absolute atomic E-state index is 0.255. The van der Waals surface area contributed by atoms with Crippen molar-refractivity contribution in [2.24, 2.45) is 5.92 Å². The van der Waals surface area contributed by atoms with Crippen LogP contribution in [0.1, 0.15) is 21.7 Å². The number of carbonyl (C=O) groups excluding carboxylic acids is 2. The zero-order valence-corrected chi connectivity index (χ0v) is 15.9. The van der Waals surface area contributed by atoms with E-state index in [0.29, 0.717) is 30.8 Å². The number of aromatic nitrogens is 3.